The van der Waals surface area contributed by atoms with Gasteiger partial charge in [-0.05, 0) is 52.0 Å². The van der Waals surface area contributed by atoms with Gasteiger partial charge in [0.05, 0.1) is 12.2 Å². The minimum Gasteiger partial charge on any atom is -0.377 e. The SMILES string of the molecule is CCOC(C)CN(C)c1ccc(N(C)CC(C)OCC)cc1. The molecule has 4 heteroatoms. The van der Waals surface area contributed by atoms with E-state index in [0.29, 0.717) is 0 Å². The summed E-state index contributed by atoms with van der Waals surface area (Å²) in [6.07, 6.45) is 0.480. The second-order valence-electron chi connectivity index (χ2n) is 5.81. The van der Waals surface area contributed by atoms with Gasteiger partial charge in [0.2, 0.25) is 0 Å². The Labute approximate surface area is 136 Å². The highest BCUT2D eigenvalue weighted by Crippen LogP contribution is 2.20. The molecule has 0 heterocycles. The number of hydrogen-bond acceptors (Lipinski definition) is 4. The van der Waals surface area contributed by atoms with Crippen molar-refractivity contribution in [2.75, 3.05) is 50.2 Å². The minimum absolute atomic E-state index is 0.240. The van der Waals surface area contributed by atoms with Gasteiger partial charge in [0.25, 0.3) is 0 Å². The van der Waals surface area contributed by atoms with Gasteiger partial charge in [0.1, 0.15) is 0 Å². The number of nitrogens with zero attached hydrogens (tertiary/aromatic N) is 2. The molecule has 4 nitrogen and oxygen atoms in total. The first-order valence-electron chi connectivity index (χ1n) is 8.23. The van der Waals surface area contributed by atoms with E-state index in [1.54, 1.807) is 0 Å². The van der Waals surface area contributed by atoms with Crippen LogP contribution >= 0.6 is 0 Å². The van der Waals surface area contributed by atoms with Crippen LogP contribution in [0.2, 0.25) is 0 Å². The summed E-state index contributed by atoms with van der Waals surface area (Å²) in [5.41, 5.74) is 2.42. The molecule has 0 aromatic heterocycles. The third-order valence-electron chi connectivity index (χ3n) is 3.70. The Morgan fingerprint density at radius 3 is 1.36 bits per heavy atom. The molecule has 22 heavy (non-hydrogen) atoms. The maximum atomic E-state index is 5.60. The van der Waals surface area contributed by atoms with E-state index in [-0.39, 0.29) is 12.2 Å². The number of benzene rings is 1. The van der Waals surface area contributed by atoms with Crippen molar-refractivity contribution >= 4 is 11.4 Å². The predicted octanol–water partition coefficient (Wildman–Crippen LogP) is 3.41. The topological polar surface area (TPSA) is 24.9 Å². The average molecular weight is 308 g/mol. The van der Waals surface area contributed by atoms with Crippen LogP contribution < -0.4 is 9.80 Å². The Balaban J connectivity index is 2.58. The lowest BCUT2D eigenvalue weighted by Crippen LogP contribution is -2.30. The first kappa shape index (κ1) is 18.8. The van der Waals surface area contributed by atoms with Crippen LogP contribution in [-0.4, -0.2) is 52.6 Å². The summed E-state index contributed by atoms with van der Waals surface area (Å²) in [6.45, 7) is 11.6. The van der Waals surface area contributed by atoms with Gasteiger partial charge in [-0.3, -0.25) is 0 Å². The molecule has 0 aliphatic heterocycles. The van der Waals surface area contributed by atoms with Gasteiger partial charge in [-0.25, -0.2) is 0 Å². The van der Waals surface area contributed by atoms with Gasteiger partial charge in [-0.1, -0.05) is 0 Å². The average Bonchev–Trinajstić information content (AvgIpc) is 2.47. The lowest BCUT2D eigenvalue weighted by molar-refractivity contribution is 0.0815. The summed E-state index contributed by atoms with van der Waals surface area (Å²) < 4.78 is 11.2. The number of ether oxygens (including phenoxy) is 2. The molecule has 1 rings (SSSR count). The van der Waals surface area contributed by atoms with Crippen LogP contribution in [0.25, 0.3) is 0 Å². The first-order chi connectivity index (χ1) is 10.5. The van der Waals surface area contributed by atoms with E-state index in [1.807, 2.05) is 13.8 Å². The minimum atomic E-state index is 0.240. The second kappa shape index (κ2) is 9.70. The molecule has 0 spiro atoms. The summed E-state index contributed by atoms with van der Waals surface area (Å²) in [5, 5.41) is 0. The van der Waals surface area contributed by atoms with Crippen molar-refractivity contribution < 1.29 is 9.47 Å². The molecule has 0 saturated heterocycles. The molecule has 0 N–H and O–H groups in total. The summed E-state index contributed by atoms with van der Waals surface area (Å²) in [4.78, 5) is 4.46. The van der Waals surface area contributed by atoms with Crippen molar-refractivity contribution in [3.63, 3.8) is 0 Å². The zero-order valence-electron chi connectivity index (χ0n) is 15.0. The van der Waals surface area contributed by atoms with Crippen molar-refractivity contribution in [1.82, 2.24) is 0 Å². The van der Waals surface area contributed by atoms with Crippen LogP contribution in [-0.2, 0) is 9.47 Å². The molecular weight excluding hydrogens is 276 g/mol. The highest BCUT2D eigenvalue weighted by Gasteiger charge is 2.09. The number of hydrogen-bond donors (Lipinski definition) is 0. The van der Waals surface area contributed by atoms with Crippen molar-refractivity contribution in [3.8, 4) is 0 Å². The summed E-state index contributed by atoms with van der Waals surface area (Å²) in [7, 11) is 4.21. The van der Waals surface area contributed by atoms with Crippen molar-refractivity contribution in [2.24, 2.45) is 0 Å². The smallest absolute Gasteiger partial charge is 0.0721 e. The Morgan fingerprint density at radius 2 is 1.09 bits per heavy atom. The molecule has 0 aliphatic rings. The lowest BCUT2D eigenvalue weighted by Gasteiger charge is -2.26. The summed E-state index contributed by atoms with van der Waals surface area (Å²) >= 11 is 0. The predicted molar refractivity (Wildman–Crippen MR) is 95.2 cm³/mol. The maximum Gasteiger partial charge on any atom is 0.0721 e. The van der Waals surface area contributed by atoms with Crippen LogP contribution in [0.1, 0.15) is 27.7 Å². The van der Waals surface area contributed by atoms with Gasteiger partial charge in [-0.2, -0.15) is 0 Å². The number of anilines is 2. The first-order valence-corrected chi connectivity index (χ1v) is 8.23. The van der Waals surface area contributed by atoms with Crippen LogP contribution in [0.5, 0.6) is 0 Å². The van der Waals surface area contributed by atoms with E-state index >= 15 is 0 Å². The normalized spacial score (nSPS) is 13.7. The van der Waals surface area contributed by atoms with E-state index in [9.17, 15) is 0 Å². The third kappa shape index (κ3) is 6.24. The number of rotatable bonds is 10. The van der Waals surface area contributed by atoms with Crippen molar-refractivity contribution in [3.05, 3.63) is 24.3 Å². The van der Waals surface area contributed by atoms with Crippen molar-refractivity contribution in [2.45, 2.75) is 39.9 Å². The van der Waals surface area contributed by atoms with Gasteiger partial charge in [0.15, 0.2) is 0 Å². The molecule has 0 bridgehead atoms. The second-order valence-corrected chi connectivity index (χ2v) is 5.81. The molecule has 0 amide bonds. The van der Waals surface area contributed by atoms with E-state index < -0.39 is 0 Å². The van der Waals surface area contributed by atoms with Crippen LogP contribution in [0, 0.1) is 0 Å². The standard InChI is InChI=1S/C18H32N2O2/c1-7-21-15(3)13-19(5)17-9-11-18(12-10-17)20(6)14-16(4)22-8-2/h9-12,15-16H,7-8,13-14H2,1-6H3. The van der Waals surface area contributed by atoms with Gasteiger partial charge in [0, 0.05) is 51.8 Å². The lowest BCUT2D eigenvalue weighted by atomic mass is 10.2. The number of likely N-dealkylation sites (N-methyl/N-ethyl adjacent to an activating group) is 2. The molecule has 2 unspecified atom stereocenters. The zero-order chi connectivity index (χ0) is 16.5. The molecule has 126 valence electrons. The Bertz CT molecular complexity index is 369. The molecular formula is C18H32N2O2. The van der Waals surface area contributed by atoms with Crippen LogP contribution in [0.4, 0.5) is 11.4 Å². The maximum absolute atomic E-state index is 5.60. The Morgan fingerprint density at radius 1 is 0.773 bits per heavy atom. The van der Waals surface area contributed by atoms with Gasteiger partial charge >= 0.3 is 0 Å². The monoisotopic (exact) mass is 308 g/mol. The largest absolute Gasteiger partial charge is 0.377 e. The van der Waals surface area contributed by atoms with Gasteiger partial charge < -0.3 is 19.3 Å². The van der Waals surface area contributed by atoms with Gasteiger partial charge in [-0.15, -0.1) is 0 Å². The van der Waals surface area contributed by atoms with E-state index in [2.05, 4.69) is 62.0 Å². The highest BCUT2D eigenvalue weighted by atomic mass is 16.5. The molecule has 0 aliphatic carbocycles. The molecule has 0 fully saturated rings. The molecule has 2 atom stereocenters. The Hall–Kier alpha value is -1.26. The fourth-order valence-electron chi connectivity index (χ4n) is 2.62. The zero-order valence-corrected chi connectivity index (χ0v) is 15.0. The van der Waals surface area contributed by atoms with Crippen LogP contribution in [0.3, 0.4) is 0 Å². The third-order valence-corrected chi connectivity index (χ3v) is 3.70. The van der Waals surface area contributed by atoms with E-state index in [4.69, 9.17) is 9.47 Å². The molecule has 0 radical (unpaired) electrons. The quantitative estimate of drug-likeness (QED) is 0.661. The summed E-state index contributed by atoms with van der Waals surface area (Å²) in [6, 6.07) is 8.65. The summed E-state index contributed by atoms with van der Waals surface area (Å²) in [5.74, 6) is 0. The highest BCUT2D eigenvalue weighted by molar-refractivity contribution is 5.55. The van der Waals surface area contributed by atoms with E-state index in [0.717, 1.165) is 26.3 Å². The fraction of sp³-hybridized carbons (Fsp3) is 0.667. The van der Waals surface area contributed by atoms with E-state index in [1.165, 1.54) is 11.4 Å². The van der Waals surface area contributed by atoms with Crippen molar-refractivity contribution in [1.29, 1.82) is 0 Å². The molecule has 1 aromatic carbocycles. The molecule has 1 aromatic rings. The Kier molecular flexibility index (Phi) is 8.28. The fourth-order valence-corrected chi connectivity index (χ4v) is 2.62. The van der Waals surface area contributed by atoms with Crippen LogP contribution in [0.15, 0.2) is 24.3 Å². The molecule has 0 saturated carbocycles.